The predicted octanol–water partition coefficient (Wildman–Crippen LogP) is 3.33. The monoisotopic (exact) mass is 389 g/mol. The van der Waals surface area contributed by atoms with E-state index >= 15 is 0 Å². The quantitative estimate of drug-likeness (QED) is 0.367. The second-order valence-corrected chi connectivity index (χ2v) is 7.76. The fraction of sp³-hybridized carbons (Fsp3) is 0.278. The minimum absolute atomic E-state index is 0.174. The maximum Gasteiger partial charge on any atom is 0.260 e. The lowest BCUT2D eigenvalue weighted by atomic mass is 10.0. The predicted molar refractivity (Wildman–Crippen MR) is 106 cm³/mol. The molecule has 0 radical (unpaired) electrons. The van der Waals surface area contributed by atoms with Gasteiger partial charge in [-0.2, -0.15) is 0 Å². The number of H-pyrrole nitrogens is 1. The number of thioether (sulfide) groups is 1. The van der Waals surface area contributed by atoms with Crippen LogP contribution in [0.15, 0.2) is 33.5 Å². The molecule has 8 heteroatoms. The zero-order valence-corrected chi connectivity index (χ0v) is 16.1. The van der Waals surface area contributed by atoms with E-state index < -0.39 is 0 Å². The van der Waals surface area contributed by atoms with Crippen LogP contribution in [0.4, 0.5) is 0 Å². The van der Waals surface area contributed by atoms with Crippen molar-refractivity contribution < 1.29 is 9.53 Å². The number of aryl methyl sites for hydroxylation is 1. The second-order valence-electron chi connectivity index (χ2n) is 5.82. The molecule has 0 unspecified atom stereocenters. The first-order valence-electron chi connectivity index (χ1n) is 8.07. The first-order valence-corrected chi connectivity index (χ1v) is 9.93. The molecule has 6 nitrogen and oxygen atoms in total. The lowest BCUT2D eigenvalue weighted by molar-refractivity contribution is -0.118. The molecule has 1 amide bonds. The molecule has 3 N–H and O–H groups in total. The van der Waals surface area contributed by atoms with Gasteiger partial charge in [0.15, 0.2) is 5.16 Å². The summed E-state index contributed by atoms with van der Waals surface area (Å²) in [7, 11) is 1.62. The smallest absolute Gasteiger partial charge is 0.260 e. The molecule has 0 aliphatic rings. The minimum Gasteiger partial charge on any atom is -0.496 e. The van der Waals surface area contributed by atoms with Crippen LogP contribution in [0.3, 0.4) is 0 Å². The standard InChI is InChI=1S/C18H19N3O3S2/c1-10-5-6-13(24-2)11(8-10)12-9-26-17-15(12)16(23)20-18(21-17)25-7-3-4-14(19)22/h5-6,8-9H,3-4,7H2,1-2H3,(H2,19,22)(H,20,21,23). The summed E-state index contributed by atoms with van der Waals surface area (Å²) < 4.78 is 5.45. The zero-order valence-electron chi connectivity index (χ0n) is 14.5. The molecule has 26 heavy (non-hydrogen) atoms. The number of carbonyl (C=O) groups excluding carboxylic acids is 1. The highest BCUT2D eigenvalue weighted by Gasteiger charge is 2.16. The van der Waals surface area contributed by atoms with E-state index in [4.69, 9.17) is 10.5 Å². The number of carbonyl (C=O) groups is 1. The molecule has 1 aromatic carbocycles. The third-order valence-corrected chi connectivity index (χ3v) is 5.71. The van der Waals surface area contributed by atoms with Gasteiger partial charge in [0.2, 0.25) is 5.91 Å². The molecular formula is C18H19N3O3S2. The third kappa shape index (κ3) is 3.91. The van der Waals surface area contributed by atoms with E-state index in [2.05, 4.69) is 9.97 Å². The summed E-state index contributed by atoms with van der Waals surface area (Å²) in [6, 6.07) is 5.88. The summed E-state index contributed by atoms with van der Waals surface area (Å²) >= 11 is 2.85. The van der Waals surface area contributed by atoms with Crippen LogP contribution >= 0.6 is 23.1 Å². The van der Waals surface area contributed by atoms with Crippen LogP contribution in [0.25, 0.3) is 21.3 Å². The molecule has 0 saturated carbocycles. The molecule has 0 atom stereocenters. The lowest BCUT2D eigenvalue weighted by Crippen LogP contribution is -2.11. The van der Waals surface area contributed by atoms with E-state index in [1.54, 1.807) is 7.11 Å². The summed E-state index contributed by atoms with van der Waals surface area (Å²) in [5.41, 5.74) is 7.75. The highest BCUT2D eigenvalue weighted by atomic mass is 32.2. The second kappa shape index (κ2) is 7.92. The molecule has 2 aromatic heterocycles. The SMILES string of the molecule is COc1ccc(C)cc1-c1csc2nc(SCCCC(N)=O)[nH]c(=O)c12. The largest absolute Gasteiger partial charge is 0.496 e. The molecule has 3 rings (SSSR count). The number of methoxy groups -OCH3 is 1. The molecule has 3 aromatic rings. The van der Waals surface area contributed by atoms with Crippen molar-refractivity contribution in [3.8, 4) is 16.9 Å². The van der Waals surface area contributed by atoms with E-state index in [-0.39, 0.29) is 11.5 Å². The number of aromatic amines is 1. The van der Waals surface area contributed by atoms with Crippen LogP contribution in [0.1, 0.15) is 18.4 Å². The number of hydrogen-bond donors (Lipinski definition) is 2. The Morgan fingerprint density at radius 2 is 2.19 bits per heavy atom. The van der Waals surface area contributed by atoms with Gasteiger partial charge in [0.05, 0.1) is 12.5 Å². The van der Waals surface area contributed by atoms with Crippen LogP contribution in [0.5, 0.6) is 5.75 Å². The number of primary amides is 1. The van der Waals surface area contributed by atoms with Gasteiger partial charge in [-0.25, -0.2) is 4.98 Å². The first-order chi connectivity index (χ1) is 12.5. The number of fused-ring (bicyclic) bond motifs is 1. The minimum atomic E-state index is -0.322. The maximum absolute atomic E-state index is 12.7. The Hall–Kier alpha value is -2.32. The van der Waals surface area contributed by atoms with Gasteiger partial charge in [0.25, 0.3) is 5.56 Å². The molecule has 136 valence electrons. The highest BCUT2D eigenvalue weighted by Crippen LogP contribution is 2.37. The van der Waals surface area contributed by atoms with Gasteiger partial charge in [-0.05, 0) is 25.5 Å². The number of amides is 1. The normalized spacial score (nSPS) is 11.0. The fourth-order valence-electron chi connectivity index (χ4n) is 2.64. The van der Waals surface area contributed by atoms with E-state index in [0.29, 0.717) is 34.0 Å². The fourth-order valence-corrected chi connectivity index (χ4v) is 4.44. The Morgan fingerprint density at radius 1 is 1.38 bits per heavy atom. The van der Waals surface area contributed by atoms with E-state index in [1.807, 2.05) is 30.5 Å². The number of ether oxygens (including phenoxy) is 1. The number of nitrogens with zero attached hydrogens (tertiary/aromatic N) is 1. The Morgan fingerprint density at radius 3 is 2.92 bits per heavy atom. The number of nitrogens with one attached hydrogen (secondary N) is 1. The van der Waals surface area contributed by atoms with Crippen molar-refractivity contribution in [1.29, 1.82) is 0 Å². The Balaban J connectivity index is 1.95. The number of benzene rings is 1. The van der Waals surface area contributed by atoms with Crippen LogP contribution in [-0.2, 0) is 4.79 Å². The van der Waals surface area contributed by atoms with Gasteiger partial charge < -0.3 is 15.5 Å². The Kier molecular flexibility index (Phi) is 5.63. The van der Waals surface area contributed by atoms with Gasteiger partial charge in [-0.3, -0.25) is 9.59 Å². The van der Waals surface area contributed by atoms with Gasteiger partial charge >= 0.3 is 0 Å². The summed E-state index contributed by atoms with van der Waals surface area (Å²) in [6.07, 6.45) is 0.980. The molecule has 2 heterocycles. The zero-order chi connectivity index (χ0) is 18.7. The van der Waals surface area contributed by atoms with E-state index in [0.717, 1.165) is 22.4 Å². The number of nitrogens with two attached hydrogens (primary N) is 1. The summed E-state index contributed by atoms with van der Waals surface area (Å²) in [5, 5.41) is 3.06. The molecular weight excluding hydrogens is 370 g/mol. The molecule has 0 aliphatic carbocycles. The van der Waals surface area contributed by atoms with Crippen LogP contribution in [0, 0.1) is 6.92 Å². The topological polar surface area (TPSA) is 98.1 Å². The molecule has 0 saturated heterocycles. The van der Waals surface area contributed by atoms with Crippen LogP contribution in [0.2, 0.25) is 0 Å². The van der Waals surface area contributed by atoms with Gasteiger partial charge in [-0.15, -0.1) is 11.3 Å². The van der Waals surface area contributed by atoms with Gasteiger partial charge in [0, 0.05) is 28.7 Å². The van der Waals surface area contributed by atoms with E-state index in [9.17, 15) is 9.59 Å². The van der Waals surface area contributed by atoms with Crippen molar-refractivity contribution in [2.45, 2.75) is 24.9 Å². The Bertz CT molecular complexity index is 1010. The van der Waals surface area contributed by atoms with Gasteiger partial charge in [0.1, 0.15) is 10.6 Å². The summed E-state index contributed by atoms with van der Waals surface area (Å²) in [4.78, 5) is 31.5. The summed E-state index contributed by atoms with van der Waals surface area (Å²) in [5.74, 6) is 1.07. The molecule has 0 bridgehead atoms. The number of aromatic nitrogens is 2. The number of thiophene rings is 1. The van der Waals surface area contributed by atoms with Crippen LogP contribution in [-0.4, -0.2) is 28.7 Å². The number of rotatable bonds is 7. The molecule has 0 spiro atoms. The van der Waals surface area contributed by atoms with Crippen molar-refractivity contribution in [3.05, 3.63) is 39.5 Å². The lowest BCUT2D eigenvalue weighted by Gasteiger charge is -2.08. The average molecular weight is 390 g/mol. The first kappa shape index (κ1) is 18.5. The van der Waals surface area contributed by atoms with Crippen LogP contribution < -0.4 is 16.0 Å². The number of hydrogen-bond acceptors (Lipinski definition) is 6. The molecule has 0 aliphatic heterocycles. The maximum atomic E-state index is 12.7. The van der Waals surface area contributed by atoms with Crippen molar-refractivity contribution in [2.24, 2.45) is 5.73 Å². The highest BCUT2D eigenvalue weighted by molar-refractivity contribution is 7.99. The molecule has 0 fully saturated rings. The Labute approximate surface area is 158 Å². The van der Waals surface area contributed by atoms with Crippen molar-refractivity contribution in [1.82, 2.24) is 9.97 Å². The van der Waals surface area contributed by atoms with Gasteiger partial charge in [-0.1, -0.05) is 23.4 Å². The average Bonchev–Trinajstić information content (AvgIpc) is 3.03. The van der Waals surface area contributed by atoms with Crippen molar-refractivity contribution >= 4 is 39.2 Å². The van der Waals surface area contributed by atoms with Crippen molar-refractivity contribution in [3.63, 3.8) is 0 Å². The summed E-state index contributed by atoms with van der Waals surface area (Å²) in [6.45, 7) is 2.00. The van der Waals surface area contributed by atoms with Crippen molar-refractivity contribution in [2.75, 3.05) is 12.9 Å². The van der Waals surface area contributed by atoms with E-state index in [1.165, 1.54) is 23.1 Å². The third-order valence-electron chi connectivity index (χ3n) is 3.87.